The molecule has 7 nitrogen and oxygen atoms in total. The Kier molecular flexibility index (Phi) is 5.52. The second-order valence-electron chi connectivity index (χ2n) is 6.96. The van der Waals surface area contributed by atoms with Crippen LogP contribution in [-0.4, -0.2) is 39.1 Å². The molecule has 0 bridgehead atoms. The first-order valence-corrected chi connectivity index (χ1v) is 10.4. The molecule has 1 amide bonds. The number of benzene rings is 1. The van der Waals surface area contributed by atoms with Crippen LogP contribution < -0.4 is 14.8 Å². The number of carbonyl (C=O) groups excluding carboxylic acids is 1. The first-order valence-electron chi connectivity index (χ1n) is 9.40. The number of fused-ring (bicyclic) bond motifs is 1. The lowest BCUT2D eigenvalue weighted by atomic mass is 9.95. The molecular weight excluding hydrogens is 364 g/mol. The van der Waals surface area contributed by atoms with Crippen LogP contribution in [0.2, 0.25) is 0 Å². The molecule has 1 N–H and O–H groups in total. The summed E-state index contributed by atoms with van der Waals surface area (Å²) in [5, 5.41) is 12.3. The standard InChI is InChI=1S/C19H24N4O3S/c1-23-18(16-11-25-14-9-5-6-10-15(14)26-16)21-22-19(23)27-12-17(24)20-13-7-3-2-4-8-13/h5-6,9-10,13,16H,2-4,7-8,11-12H2,1H3,(H,20,24). The Morgan fingerprint density at radius 1 is 1.22 bits per heavy atom. The van der Waals surface area contributed by atoms with E-state index in [1.54, 1.807) is 0 Å². The summed E-state index contributed by atoms with van der Waals surface area (Å²) >= 11 is 1.40. The van der Waals surface area contributed by atoms with E-state index in [0.29, 0.717) is 35.1 Å². The summed E-state index contributed by atoms with van der Waals surface area (Å²) in [4.78, 5) is 12.2. The Labute approximate surface area is 162 Å². The van der Waals surface area contributed by atoms with Crippen LogP contribution in [0.3, 0.4) is 0 Å². The van der Waals surface area contributed by atoms with Gasteiger partial charge in [-0.05, 0) is 25.0 Å². The van der Waals surface area contributed by atoms with E-state index in [1.807, 2.05) is 35.9 Å². The SMILES string of the molecule is Cn1c(SCC(=O)NC2CCCCC2)nnc1C1COc2ccccc2O1. The second kappa shape index (κ2) is 8.21. The fourth-order valence-corrected chi connectivity index (χ4v) is 4.25. The minimum absolute atomic E-state index is 0.0580. The quantitative estimate of drug-likeness (QED) is 0.794. The Morgan fingerprint density at radius 3 is 2.81 bits per heavy atom. The van der Waals surface area contributed by atoms with Crippen molar-refractivity contribution in [2.45, 2.75) is 49.4 Å². The number of nitrogens with one attached hydrogen (secondary N) is 1. The highest BCUT2D eigenvalue weighted by Crippen LogP contribution is 2.35. The molecule has 2 aliphatic rings. The van der Waals surface area contributed by atoms with Gasteiger partial charge in [-0.15, -0.1) is 10.2 Å². The molecule has 4 rings (SSSR count). The molecule has 1 aliphatic heterocycles. The van der Waals surface area contributed by atoms with E-state index in [9.17, 15) is 4.79 Å². The van der Waals surface area contributed by atoms with Crippen LogP contribution in [0.15, 0.2) is 29.4 Å². The maximum Gasteiger partial charge on any atom is 0.230 e. The van der Waals surface area contributed by atoms with E-state index in [0.717, 1.165) is 18.6 Å². The average molecular weight is 388 g/mol. The topological polar surface area (TPSA) is 78.3 Å². The predicted molar refractivity (Wildman–Crippen MR) is 102 cm³/mol. The lowest BCUT2D eigenvalue weighted by Crippen LogP contribution is -2.37. The molecule has 0 spiro atoms. The minimum Gasteiger partial charge on any atom is -0.485 e. The van der Waals surface area contributed by atoms with Crippen LogP contribution in [0.5, 0.6) is 11.5 Å². The summed E-state index contributed by atoms with van der Waals surface area (Å²) in [7, 11) is 1.89. The van der Waals surface area contributed by atoms with Gasteiger partial charge in [0.1, 0.15) is 6.61 Å². The third-order valence-electron chi connectivity index (χ3n) is 4.97. The fourth-order valence-electron chi connectivity index (χ4n) is 3.53. The van der Waals surface area contributed by atoms with Crippen LogP contribution in [0, 0.1) is 0 Å². The van der Waals surface area contributed by atoms with Crippen LogP contribution in [0.4, 0.5) is 0 Å². The third kappa shape index (κ3) is 4.21. The molecule has 1 aromatic carbocycles. The Bertz CT molecular complexity index is 804. The highest BCUT2D eigenvalue weighted by Gasteiger charge is 2.27. The van der Waals surface area contributed by atoms with Gasteiger partial charge in [-0.3, -0.25) is 4.79 Å². The van der Waals surface area contributed by atoms with E-state index >= 15 is 0 Å². The number of hydrogen-bond acceptors (Lipinski definition) is 6. The Hall–Kier alpha value is -2.22. The zero-order chi connectivity index (χ0) is 18.6. The summed E-state index contributed by atoms with van der Waals surface area (Å²) in [6.07, 6.45) is 5.55. The van der Waals surface area contributed by atoms with Gasteiger partial charge in [0, 0.05) is 13.1 Å². The van der Waals surface area contributed by atoms with Crippen molar-refractivity contribution in [3.63, 3.8) is 0 Å². The number of nitrogens with zero attached hydrogens (tertiary/aromatic N) is 3. The Morgan fingerprint density at radius 2 is 2.00 bits per heavy atom. The molecule has 0 saturated heterocycles. The van der Waals surface area contributed by atoms with Crippen molar-refractivity contribution in [2.75, 3.05) is 12.4 Å². The molecule has 0 radical (unpaired) electrons. The molecule has 27 heavy (non-hydrogen) atoms. The summed E-state index contributed by atoms with van der Waals surface area (Å²) < 4.78 is 13.6. The number of aromatic nitrogens is 3. The van der Waals surface area contributed by atoms with Gasteiger partial charge in [-0.25, -0.2) is 0 Å². The summed E-state index contributed by atoms with van der Waals surface area (Å²) in [5.74, 6) is 2.54. The van der Waals surface area contributed by atoms with Crippen molar-refractivity contribution in [3.8, 4) is 11.5 Å². The van der Waals surface area contributed by atoms with Crippen molar-refractivity contribution in [1.82, 2.24) is 20.1 Å². The number of para-hydroxylation sites is 2. The van der Waals surface area contributed by atoms with E-state index in [2.05, 4.69) is 15.5 Å². The molecule has 8 heteroatoms. The molecule has 1 fully saturated rings. The summed E-state index contributed by atoms with van der Waals surface area (Å²) in [6, 6.07) is 7.91. The zero-order valence-electron chi connectivity index (χ0n) is 15.4. The lowest BCUT2D eigenvalue weighted by Gasteiger charge is -2.25. The molecule has 2 aromatic rings. The van der Waals surface area contributed by atoms with Gasteiger partial charge in [0.25, 0.3) is 0 Å². The summed E-state index contributed by atoms with van der Waals surface area (Å²) in [5.41, 5.74) is 0. The van der Waals surface area contributed by atoms with Gasteiger partial charge in [0.15, 0.2) is 28.6 Å². The number of hydrogen-bond donors (Lipinski definition) is 1. The van der Waals surface area contributed by atoms with Gasteiger partial charge >= 0.3 is 0 Å². The van der Waals surface area contributed by atoms with Gasteiger partial charge in [0.2, 0.25) is 5.91 Å². The van der Waals surface area contributed by atoms with Gasteiger partial charge in [0.05, 0.1) is 5.75 Å². The molecule has 1 unspecified atom stereocenters. The van der Waals surface area contributed by atoms with E-state index in [1.165, 1.54) is 31.0 Å². The van der Waals surface area contributed by atoms with E-state index in [-0.39, 0.29) is 12.0 Å². The number of carbonyl (C=O) groups is 1. The van der Waals surface area contributed by atoms with Crippen molar-refractivity contribution in [2.24, 2.45) is 7.05 Å². The zero-order valence-corrected chi connectivity index (χ0v) is 16.2. The Balaban J connectivity index is 1.34. The predicted octanol–water partition coefficient (Wildman–Crippen LogP) is 2.87. The molecule has 1 aromatic heterocycles. The average Bonchev–Trinajstić information content (AvgIpc) is 3.07. The number of amides is 1. The maximum atomic E-state index is 12.2. The van der Waals surface area contributed by atoms with Crippen LogP contribution in [-0.2, 0) is 11.8 Å². The molecule has 1 saturated carbocycles. The highest BCUT2D eigenvalue weighted by molar-refractivity contribution is 7.99. The van der Waals surface area contributed by atoms with Crippen molar-refractivity contribution in [3.05, 3.63) is 30.1 Å². The van der Waals surface area contributed by atoms with Crippen LogP contribution >= 0.6 is 11.8 Å². The largest absolute Gasteiger partial charge is 0.485 e. The van der Waals surface area contributed by atoms with E-state index in [4.69, 9.17) is 9.47 Å². The lowest BCUT2D eigenvalue weighted by molar-refractivity contribution is -0.119. The van der Waals surface area contributed by atoms with Crippen molar-refractivity contribution >= 4 is 17.7 Å². The normalized spacial score (nSPS) is 19.7. The summed E-state index contributed by atoms with van der Waals surface area (Å²) in [6.45, 7) is 0.385. The number of ether oxygens (including phenoxy) is 2. The fraction of sp³-hybridized carbons (Fsp3) is 0.526. The minimum atomic E-state index is -0.317. The van der Waals surface area contributed by atoms with Crippen molar-refractivity contribution in [1.29, 1.82) is 0 Å². The van der Waals surface area contributed by atoms with Gasteiger partial charge < -0.3 is 19.4 Å². The molecule has 2 heterocycles. The number of thioether (sulfide) groups is 1. The van der Waals surface area contributed by atoms with Crippen LogP contribution in [0.25, 0.3) is 0 Å². The van der Waals surface area contributed by atoms with Crippen LogP contribution in [0.1, 0.15) is 44.0 Å². The van der Waals surface area contributed by atoms with Gasteiger partial charge in [-0.1, -0.05) is 43.2 Å². The first-order chi connectivity index (χ1) is 13.2. The molecule has 1 aliphatic carbocycles. The monoisotopic (exact) mass is 388 g/mol. The highest BCUT2D eigenvalue weighted by atomic mass is 32.2. The third-order valence-corrected chi connectivity index (χ3v) is 5.99. The second-order valence-corrected chi connectivity index (χ2v) is 7.90. The number of rotatable bonds is 5. The van der Waals surface area contributed by atoms with Gasteiger partial charge in [-0.2, -0.15) is 0 Å². The first kappa shape index (κ1) is 18.2. The van der Waals surface area contributed by atoms with E-state index < -0.39 is 0 Å². The molecule has 144 valence electrons. The maximum absolute atomic E-state index is 12.2. The smallest absolute Gasteiger partial charge is 0.230 e. The molecular formula is C19H24N4O3S. The molecule has 1 atom stereocenters. The van der Waals surface area contributed by atoms with Crippen molar-refractivity contribution < 1.29 is 14.3 Å².